The van der Waals surface area contributed by atoms with Gasteiger partial charge >= 0.3 is 5.97 Å². The molecule has 2 aromatic heterocycles. The molecule has 1 atom stereocenters. The summed E-state index contributed by atoms with van der Waals surface area (Å²) in [6, 6.07) is 19.2. The third-order valence-corrected chi connectivity index (χ3v) is 5.68. The fourth-order valence-electron chi connectivity index (χ4n) is 4.10. The van der Waals surface area contributed by atoms with Gasteiger partial charge in [0.1, 0.15) is 11.9 Å². The van der Waals surface area contributed by atoms with Gasteiger partial charge in [0.15, 0.2) is 5.43 Å². The Morgan fingerprint density at radius 1 is 1.09 bits per heavy atom. The number of imidazole rings is 1. The van der Waals surface area contributed by atoms with Crippen molar-refractivity contribution in [1.29, 1.82) is 0 Å². The van der Waals surface area contributed by atoms with Crippen molar-refractivity contribution in [2.45, 2.75) is 19.9 Å². The zero-order valence-electron chi connectivity index (χ0n) is 18.1. The number of aryl methyl sites for hydroxylation is 1. The smallest absolute Gasteiger partial charge is 0.337 e. The Morgan fingerprint density at radius 3 is 2.67 bits per heavy atom. The molecule has 3 aromatic carbocycles. The second-order valence-electron chi connectivity index (χ2n) is 8.00. The quantitative estimate of drug-likeness (QED) is 0.385. The molecule has 0 bridgehead atoms. The first-order valence-electron chi connectivity index (χ1n) is 10.5. The second kappa shape index (κ2) is 7.94. The van der Waals surface area contributed by atoms with Crippen LogP contribution in [-0.4, -0.2) is 20.6 Å². The van der Waals surface area contributed by atoms with E-state index in [1.54, 1.807) is 41.2 Å². The second-order valence-corrected chi connectivity index (χ2v) is 8.00. The van der Waals surface area contributed by atoms with E-state index in [0.717, 1.165) is 22.2 Å². The average molecular weight is 439 g/mol. The summed E-state index contributed by atoms with van der Waals surface area (Å²) in [7, 11) is 0. The molecular formula is C26H21N3O4. The Morgan fingerprint density at radius 2 is 1.85 bits per heavy atom. The molecule has 0 saturated heterocycles. The third-order valence-electron chi connectivity index (χ3n) is 5.68. The van der Waals surface area contributed by atoms with E-state index in [1.165, 1.54) is 6.07 Å². The minimum Gasteiger partial charge on any atom is -0.478 e. The summed E-state index contributed by atoms with van der Waals surface area (Å²) in [5, 5.41) is 13.3. The molecule has 164 valence electrons. The predicted molar refractivity (Wildman–Crippen MR) is 127 cm³/mol. The number of hydrogen-bond acceptors (Lipinski definition) is 5. The zero-order valence-corrected chi connectivity index (χ0v) is 18.1. The van der Waals surface area contributed by atoms with Gasteiger partial charge in [-0.1, -0.05) is 30.3 Å². The predicted octanol–water partition coefficient (Wildman–Crippen LogP) is 5.31. The van der Waals surface area contributed by atoms with E-state index in [9.17, 15) is 14.7 Å². The maximum Gasteiger partial charge on any atom is 0.337 e. The zero-order chi connectivity index (χ0) is 23.1. The van der Waals surface area contributed by atoms with Gasteiger partial charge in [-0.2, -0.15) is 0 Å². The number of rotatable bonds is 5. The van der Waals surface area contributed by atoms with Crippen molar-refractivity contribution in [2.75, 3.05) is 5.32 Å². The molecule has 5 aromatic rings. The highest BCUT2D eigenvalue weighted by Crippen LogP contribution is 2.30. The van der Waals surface area contributed by atoms with E-state index in [2.05, 4.69) is 10.3 Å². The lowest BCUT2D eigenvalue weighted by atomic mass is 10.0. The van der Waals surface area contributed by atoms with E-state index in [-0.39, 0.29) is 17.0 Å². The van der Waals surface area contributed by atoms with Crippen LogP contribution in [-0.2, 0) is 0 Å². The maximum absolute atomic E-state index is 13.1. The minimum absolute atomic E-state index is 0.160. The number of carboxylic acid groups (broad SMARTS) is 1. The highest BCUT2D eigenvalue weighted by Gasteiger charge is 2.19. The van der Waals surface area contributed by atoms with Gasteiger partial charge < -0.3 is 14.8 Å². The van der Waals surface area contributed by atoms with Crippen molar-refractivity contribution in [2.24, 2.45) is 0 Å². The normalized spacial score (nSPS) is 12.2. The summed E-state index contributed by atoms with van der Waals surface area (Å²) >= 11 is 0. The van der Waals surface area contributed by atoms with Crippen LogP contribution in [0.4, 0.5) is 5.69 Å². The molecule has 0 saturated carbocycles. The van der Waals surface area contributed by atoms with Crippen LogP contribution in [0, 0.1) is 6.92 Å². The van der Waals surface area contributed by atoms with Crippen molar-refractivity contribution in [3.05, 3.63) is 100.0 Å². The van der Waals surface area contributed by atoms with Crippen LogP contribution >= 0.6 is 0 Å². The van der Waals surface area contributed by atoms with Gasteiger partial charge in [0, 0.05) is 17.3 Å². The highest BCUT2D eigenvalue weighted by atomic mass is 16.4. The van der Waals surface area contributed by atoms with Gasteiger partial charge in [-0.05, 0) is 49.7 Å². The lowest BCUT2D eigenvalue weighted by Gasteiger charge is -2.19. The fraction of sp³-hybridized carbons (Fsp3) is 0.115. The SMILES string of the molecule is Cc1cc(C(C)Nc2ccccc2C(=O)O)c2oc(-n3cnc4ccccc43)cc(=O)c2c1. The van der Waals surface area contributed by atoms with Crippen molar-refractivity contribution in [3.8, 4) is 5.88 Å². The number of aromatic carboxylic acids is 1. The molecule has 0 amide bonds. The summed E-state index contributed by atoms with van der Waals surface area (Å²) in [5.41, 5.74) is 4.25. The van der Waals surface area contributed by atoms with Crippen LogP contribution in [0.5, 0.6) is 0 Å². The Hall–Kier alpha value is -4.39. The summed E-state index contributed by atoms with van der Waals surface area (Å²) in [6.07, 6.45) is 1.63. The van der Waals surface area contributed by atoms with Crippen molar-refractivity contribution >= 4 is 33.7 Å². The topological polar surface area (TPSA) is 97.4 Å². The van der Waals surface area contributed by atoms with E-state index >= 15 is 0 Å². The van der Waals surface area contributed by atoms with Crippen LogP contribution in [0.1, 0.15) is 34.5 Å². The van der Waals surface area contributed by atoms with E-state index in [4.69, 9.17) is 4.42 Å². The van der Waals surface area contributed by atoms with Crippen LogP contribution < -0.4 is 10.7 Å². The number of carbonyl (C=O) groups is 1. The standard InChI is InChI=1S/C26H21N3O4/c1-15-11-18(16(2)28-20-8-4-3-7-17(20)26(31)32)25-19(12-15)23(30)13-24(33-25)29-14-27-21-9-5-6-10-22(21)29/h3-14,16,28H,1-2H3,(H,31,32). The number of carboxylic acids is 1. The molecule has 0 spiro atoms. The van der Waals surface area contributed by atoms with Gasteiger partial charge in [-0.3, -0.25) is 9.36 Å². The monoisotopic (exact) mass is 439 g/mol. The molecule has 5 rings (SSSR count). The molecule has 33 heavy (non-hydrogen) atoms. The maximum atomic E-state index is 13.1. The first kappa shape index (κ1) is 20.5. The minimum atomic E-state index is -1.01. The van der Waals surface area contributed by atoms with E-state index < -0.39 is 5.97 Å². The first-order valence-corrected chi connectivity index (χ1v) is 10.5. The van der Waals surface area contributed by atoms with Gasteiger partial charge in [-0.25, -0.2) is 9.78 Å². The largest absolute Gasteiger partial charge is 0.478 e. The van der Waals surface area contributed by atoms with E-state index in [0.29, 0.717) is 22.5 Å². The third kappa shape index (κ3) is 3.63. The number of nitrogens with zero attached hydrogens (tertiary/aromatic N) is 2. The highest BCUT2D eigenvalue weighted by molar-refractivity contribution is 5.94. The molecule has 0 fully saturated rings. The molecule has 0 radical (unpaired) electrons. The summed E-state index contributed by atoms with van der Waals surface area (Å²) in [6.45, 7) is 3.82. The summed E-state index contributed by atoms with van der Waals surface area (Å²) in [5.74, 6) is -0.648. The molecule has 0 aliphatic carbocycles. The van der Waals surface area contributed by atoms with Crippen molar-refractivity contribution < 1.29 is 14.3 Å². The molecule has 7 nitrogen and oxygen atoms in total. The van der Waals surface area contributed by atoms with Gasteiger partial charge in [0.2, 0.25) is 5.88 Å². The van der Waals surface area contributed by atoms with Gasteiger partial charge in [-0.15, -0.1) is 0 Å². The van der Waals surface area contributed by atoms with Crippen LogP contribution in [0.25, 0.3) is 27.9 Å². The lowest BCUT2D eigenvalue weighted by molar-refractivity contribution is 0.0698. The molecule has 7 heteroatoms. The molecular weight excluding hydrogens is 418 g/mol. The first-order chi connectivity index (χ1) is 15.9. The number of hydrogen-bond donors (Lipinski definition) is 2. The molecule has 0 aliphatic rings. The average Bonchev–Trinajstić information content (AvgIpc) is 3.23. The number of nitrogens with one attached hydrogen (secondary N) is 1. The van der Waals surface area contributed by atoms with Gasteiger partial charge in [0.05, 0.1) is 28.0 Å². The van der Waals surface area contributed by atoms with Gasteiger partial charge in [0.25, 0.3) is 0 Å². The van der Waals surface area contributed by atoms with Crippen LogP contribution in [0.15, 0.2) is 82.3 Å². The molecule has 2 heterocycles. The fourth-order valence-corrected chi connectivity index (χ4v) is 4.10. The number of anilines is 1. The number of para-hydroxylation sites is 3. The van der Waals surface area contributed by atoms with Crippen molar-refractivity contribution in [1.82, 2.24) is 9.55 Å². The Bertz CT molecular complexity index is 1580. The van der Waals surface area contributed by atoms with E-state index in [1.807, 2.05) is 44.2 Å². The molecule has 1 unspecified atom stereocenters. The molecule has 2 N–H and O–H groups in total. The summed E-state index contributed by atoms with van der Waals surface area (Å²) in [4.78, 5) is 29.1. The Balaban J connectivity index is 1.66. The lowest BCUT2D eigenvalue weighted by Crippen LogP contribution is -2.13. The molecule has 0 aliphatic heterocycles. The number of aromatic nitrogens is 2. The Kier molecular flexibility index (Phi) is 4.94. The number of benzene rings is 3. The summed E-state index contributed by atoms with van der Waals surface area (Å²) < 4.78 is 8.03. The van der Waals surface area contributed by atoms with Crippen LogP contribution in [0.2, 0.25) is 0 Å². The van der Waals surface area contributed by atoms with Crippen molar-refractivity contribution in [3.63, 3.8) is 0 Å². The number of fused-ring (bicyclic) bond motifs is 2. The Labute approximate surface area is 188 Å². The van der Waals surface area contributed by atoms with Crippen LogP contribution in [0.3, 0.4) is 0 Å².